The number of carbonyl (C=O) groups excluding carboxylic acids is 1. The molecule has 0 spiro atoms. The lowest BCUT2D eigenvalue weighted by Gasteiger charge is -2.21. The number of hydrogen-bond donors (Lipinski definition) is 2. The van der Waals surface area contributed by atoms with Crippen LogP contribution in [0.3, 0.4) is 0 Å². The number of carbonyl (C=O) groups is 1. The van der Waals surface area contributed by atoms with Gasteiger partial charge in [0.2, 0.25) is 5.91 Å². The van der Waals surface area contributed by atoms with Crippen LogP contribution in [0, 0.1) is 0 Å². The minimum atomic E-state index is -0.136. The molecule has 0 fully saturated rings. The normalized spacial score (nSPS) is 13.5. The Kier molecular flexibility index (Phi) is 8.23. The predicted octanol–water partition coefficient (Wildman–Crippen LogP) is 2.85. The van der Waals surface area contributed by atoms with Crippen molar-refractivity contribution in [3.63, 3.8) is 0 Å². The zero-order chi connectivity index (χ0) is 13.3. The van der Waals surface area contributed by atoms with Gasteiger partial charge in [0.1, 0.15) is 0 Å². The van der Waals surface area contributed by atoms with E-state index in [2.05, 4.69) is 24.5 Å². The highest BCUT2D eigenvalue weighted by Gasteiger charge is 2.13. The fourth-order valence-electron chi connectivity index (χ4n) is 1.71. The van der Waals surface area contributed by atoms with E-state index < -0.39 is 0 Å². The third-order valence-electron chi connectivity index (χ3n) is 2.62. The van der Waals surface area contributed by atoms with Gasteiger partial charge in [0.15, 0.2) is 0 Å². The van der Waals surface area contributed by atoms with Crippen molar-refractivity contribution in [2.75, 3.05) is 6.54 Å². The Balaban J connectivity index is 3.55. The second-order valence-electron chi connectivity index (χ2n) is 5.93. The zero-order valence-corrected chi connectivity index (χ0v) is 12.2. The maximum absolute atomic E-state index is 11.6. The van der Waals surface area contributed by atoms with E-state index in [1.807, 2.05) is 20.8 Å². The molecule has 0 heterocycles. The van der Waals surface area contributed by atoms with E-state index in [9.17, 15) is 4.79 Å². The molecule has 1 unspecified atom stereocenters. The van der Waals surface area contributed by atoms with Gasteiger partial charge in [-0.15, -0.1) is 0 Å². The molecule has 102 valence electrons. The molecule has 1 atom stereocenters. The van der Waals surface area contributed by atoms with Crippen molar-refractivity contribution in [3.8, 4) is 0 Å². The highest BCUT2D eigenvalue weighted by molar-refractivity contribution is 5.78. The molecule has 3 nitrogen and oxygen atoms in total. The SMILES string of the molecule is CCCCCCC(C)NCC(=O)NC(C)(C)C. The molecule has 0 aromatic rings. The Bertz CT molecular complexity index is 209. The molecular weight excluding hydrogens is 212 g/mol. The number of rotatable bonds is 8. The first-order valence-electron chi connectivity index (χ1n) is 6.89. The summed E-state index contributed by atoms with van der Waals surface area (Å²) in [6.07, 6.45) is 6.30. The van der Waals surface area contributed by atoms with Crippen LogP contribution < -0.4 is 10.6 Å². The molecule has 0 rings (SSSR count). The van der Waals surface area contributed by atoms with Crippen LogP contribution in [0.2, 0.25) is 0 Å². The van der Waals surface area contributed by atoms with Crippen LogP contribution in [0.4, 0.5) is 0 Å². The predicted molar refractivity (Wildman–Crippen MR) is 74.1 cm³/mol. The first kappa shape index (κ1) is 16.4. The molecule has 1 amide bonds. The van der Waals surface area contributed by atoms with E-state index >= 15 is 0 Å². The molecule has 0 radical (unpaired) electrons. The summed E-state index contributed by atoms with van der Waals surface area (Å²) in [7, 11) is 0. The first-order valence-corrected chi connectivity index (χ1v) is 6.89. The Hall–Kier alpha value is -0.570. The van der Waals surface area contributed by atoms with Crippen molar-refractivity contribution in [3.05, 3.63) is 0 Å². The van der Waals surface area contributed by atoms with Crippen molar-refractivity contribution in [2.24, 2.45) is 0 Å². The monoisotopic (exact) mass is 242 g/mol. The average molecular weight is 242 g/mol. The lowest BCUT2D eigenvalue weighted by atomic mass is 10.1. The minimum absolute atomic E-state index is 0.0814. The van der Waals surface area contributed by atoms with Crippen LogP contribution in [0.5, 0.6) is 0 Å². The van der Waals surface area contributed by atoms with Crippen molar-refractivity contribution in [1.29, 1.82) is 0 Å². The molecule has 0 saturated carbocycles. The second kappa shape index (κ2) is 8.51. The van der Waals surface area contributed by atoms with Gasteiger partial charge >= 0.3 is 0 Å². The fraction of sp³-hybridized carbons (Fsp3) is 0.929. The third kappa shape index (κ3) is 11.7. The summed E-state index contributed by atoms with van der Waals surface area (Å²) in [5.41, 5.74) is -0.136. The lowest BCUT2D eigenvalue weighted by molar-refractivity contribution is -0.121. The molecule has 3 heteroatoms. The van der Waals surface area contributed by atoms with Crippen LogP contribution in [-0.4, -0.2) is 24.0 Å². The van der Waals surface area contributed by atoms with E-state index in [0.717, 1.165) is 6.42 Å². The van der Waals surface area contributed by atoms with E-state index in [-0.39, 0.29) is 11.4 Å². The molecule has 0 bridgehead atoms. The molecule has 0 aromatic carbocycles. The van der Waals surface area contributed by atoms with Crippen LogP contribution in [-0.2, 0) is 4.79 Å². The van der Waals surface area contributed by atoms with Gasteiger partial charge in [-0.05, 0) is 34.1 Å². The summed E-state index contributed by atoms with van der Waals surface area (Å²) in [4.78, 5) is 11.6. The van der Waals surface area contributed by atoms with Crippen LogP contribution >= 0.6 is 0 Å². The Morgan fingerprint density at radius 3 is 2.35 bits per heavy atom. The number of unbranched alkanes of at least 4 members (excludes halogenated alkanes) is 3. The molecule has 2 N–H and O–H groups in total. The first-order chi connectivity index (χ1) is 7.85. The van der Waals surface area contributed by atoms with Crippen LogP contribution in [0.1, 0.15) is 66.7 Å². The molecule has 17 heavy (non-hydrogen) atoms. The van der Waals surface area contributed by atoms with E-state index in [1.165, 1.54) is 25.7 Å². The summed E-state index contributed by atoms with van der Waals surface area (Å²) in [5, 5.41) is 6.22. The Labute approximate surface area is 107 Å². The molecule has 0 aliphatic heterocycles. The summed E-state index contributed by atoms with van der Waals surface area (Å²) in [6.45, 7) is 10.8. The highest BCUT2D eigenvalue weighted by Crippen LogP contribution is 2.05. The number of nitrogens with one attached hydrogen (secondary N) is 2. The van der Waals surface area contributed by atoms with Gasteiger partial charge in [-0.2, -0.15) is 0 Å². The summed E-state index contributed by atoms with van der Waals surface area (Å²) in [6, 6.07) is 0.428. The Morgan fingerprint density at radius 2 is 1.82 bits per heavy atom. The van der Waals surface area contributed by atoms with Crippen molar-refractivity contribution < 1.29 is 4.79 Å². The maximum Gasteiger partial charge on any atom is 0.234 e. The smallest absolute Gasteiger partial charge is 0.234 e. The standard InChI is InChI=1S/C14H30N2O/c1-6-7-8-9-10-12(2)15-11-13(17)16-14(3,4)5/h12,15H,6-11H2,1-5H3,(H,16,17). The van der Waals surface area contributed by atoms with E-state index in [0.29, 0.717) is 12.6 Å². The van der Waals surface area contributed by atoms with Gasteiger partial charge in [0.25, 0.3) is 0 Å². The highest BCUT2D eigenvalue weighted by atomic mass is 16.2. The summed E-state index contributed by atoms with van der Waals surface area (Å²) < 4.78 is 0. The van der Waals surface area contributed by atoms with Crippen molar-refractivity contribution >= 4 is 5.91 Å². The minimum Gasteiger partial charge on any atom is -0.350 e. The molecule has 0 saturated heterocycles. The molecular formula is C14H30N2O. The summed E-state index contributed by atoms with van der Waals surface area (Å²) in [5.74, 6) is 0.0814. The average Bonchev–Trinajstić information content (AvgIpc) is 2.19. The lowest BCUT2D eigenvalue weighted by Crippen LogP contribution is -2.46. The quantitative estimate of drug-likeness (QED) is 0.643. The maximum atomic E-state index is 11.6. The summed E-state index contributed by atoms with van der Waals surface area (Å²) >= 11 is 0. The van der Waals surface area contributed by atoms with Crippen LogP contribution in [0.25, 0.3) is 0 Å². The van der Waals surface area contributed by atoms with Gasteiger partial charge in [0.05, 0.1) is 6.54 Å². The molecule has 0 aliphatic rings. The molecule has 0 aromatic heterocycles. The third-order valence-corrected chi connectivity index (χ3v) is 2.62. The fourth-order valence-corrected chi connectivity index (χ4v) is 1.71. The second-order valence-corrected chi connectivity index (χ2v) is 5.93. The van der Waals surface area contributed by atoms with Crippen LogP contribution in [0.15, 0.2) is 0 Å². The van der Waals surface area contributed by atoms with E-state index in [1.54, 1.807) is 0 Å². The number of amides is 1. The molecule has 0 aliphatic carbocycles. The topological polar surface area (TPSA) is 41.1 Å². The Morgan fingerprint density at radius 1 is 1.18 bits per heavy atom. The van der Waals surface area contributed by atoms with Crippen molar-refractivity contribution in [2.45, 2.75) is 78.3 Å². The van der Waals surface area contributed by atoms with Gasteiger partial charge < -0.3 is 10.6 Å². The zero-order valence-electron chi connectivity index (χ0n) is 12.2. The van der Waals surface area contributed by atoms with Gasteiger partial charge in [-0.3, -0.25) is 4.79 Å². The van der Waals surface area contributed by atoms with E-state index in [4.69, 9.17) is 0 Å². The van der Waals surface area contributed by atoms with Gasteiger partial charge in [-0.1, -0.05) is 32.6 Å². The largest absolute Gasteiger partial charge is 0.350 e. The van der Waals surface area contributed by atoms with Crippen molar-refractivity contribution in [1.82, 2.24) is 10.6 Å². The number of hydrogen-bond acceptors (Lipinski definition) is 2. The van der Waals surface area contributed by atoms with Gasteiger partial charge in [-0.25, -0.2) is 0 Å². The van der Waals surface area contributed by atoms with Gasteiger partial charge in [0, 0.05) is 11.6 Å².